The van der Waals surface area contributed by atoms with E-state index in [1.54, 1.807) is 0 Å². The molecule has 2 N–H and O–H groups in total. The highest BCUT2D eigenvalue weighted by Gasteiger charge is 2.02. The van der Waals surface area contributed by atoms with Crippen molar-refractivity contribution in [3.63, 3.8) is 0 Å². The van der Waals surface area contributed by atoms with Crippen molar-refractivity contribution >= 4 is 0 Å². The Balaban J connectivity index is 2.16. The van der Waals surface area contributed by atoms with E-state index >= 15 is 0 Å². The Bertz CT molecular complexity index is 236. The molecule has 1 rings (SSSR count). The number of benzene rings is 1. The zero-order valence-corrected chi connectivity index (χ0v) is 8.10. The lowest BCUT2D eigenvalue weighted by atomic mass is 10.2. The normalized spacial score (nSPS) is 12.7. The molecular formula is C11H16O3. The summed E-state index contributed by atoms with van der Waals surface area (Å²) < 4.78 is 5.27. The topological polar surface area (TPSA) is 49.7 Å². The molecule has 14 heavy (non-hydrogen) atoms. The van der Waals surface area contributed by atoms with Crippen molar-refractivity contribution in [2.45, 2.75) is 19.1 Å². The van der Waals surface area contributed by atoms with Gasteiger partial charge < -0.3 is 14.9 Å². The van der Waals surface area contributed by atoms with Gasteiger partial charge in [0.15, 0.2) is 0 Å². The Labute approximate surface area is 84.0 Å². The standard InChI is InChI=1S/C11H16O3/c12-7-6-11(13)9-14-8-10-4-2-1-3-5-10/h1-5,11-13H,6-9H2. The van der Waals surface area contributed by atoms with Gasteiger partial charge in [0, 0.05) is 6.61 Å². The highest BCUT2D eigenvalue weighted by atomic mass is 16.5. The van der Waals surface area contributed by atoms with Gasteiger partial charge in [0.1, 0.15) is 0 Å². The zero-order chi connectivity index (χ0) is 10.2. The lowest BCUT2D eigenvalue weighted by Crippen LogP contribution is -2.16. The summed E-state index contributed by atoms with van der Waals surface area (Å²) in [5.41, 5.74) is 1.09. The number of hydrogen-bond donors (Lipinski definition) is 2. The first kappa shape index (κ1) is 11.2. The van der Waals surface area contributed by atoms with Gasteiger partial charge >= 0.3 is 0 Å². The van der Waals surface area contributed by atoms with Gasteiger partial charge in [0.2, 0.25) is 0 Å². The summed E-state index contributed by atoms with van der Waals surface area (Å²) in [6, 6.07) is 9.78. The van der Waals surface area contributed by atoms with Gasteiger partial charge in [0.25, 0.3) is 0 Å². The molecule has 0 radical (unpaired) electrons. The molecule has 78 valence electrons. The first-order valence-corrected chi connectivity index (χ1v) is 4.73. The summed E-state index contributed by atoms with van der Waals surface area (Å²) in [5.74, 6) is 0. The van der Waals surface area contributed by atoms with Crippen molar-refractivity contribution < 1.29 is 14.9 Å². The Morgan fingerprint density at radius 1 is 1.21 bits per heavy atom. The summed E-state index contributed by atoms with van der Waals surface area (Å²) in [6.07, 6.45) is -0.196. The van der Waals surface area contributed by atoms with Crippen LogP contribution in [0.2, 0.25) is 0 Å². The molecule has 0 saturated carbocycles. The minimum Gasteiger partial charge on any atom is -0.396 e. The van der Waals surface area contributed by atoms with Crippen LogP contribution in [0, 0.1) is 0 Å². The highest BCUT2D eigenvalue weighted by molar-refractivity contribution is 5.13. The largest absolute Gasteiger partial charge is 0.396 e. The lowest BCUT2D eigenvalue weighted by molar-refractivity contribution is 0.0168. The molecule has 1 unspecified atom stereocenters. The summed E-state index contributed by atoms with van der Waals surface area (Å²) in [4.78, 5) is 0. The number of rotatable bonds is 6. The maximum absolute atomic E-state index is 9.24. The molecule has 0 bridgehead atoms. The van der Waals surface area contributed by atoms with Crippen LogP contribution in [-0.4, -0.2) is 29.5 Å². The average Bonchev–Trinajstić information content (AvgIpc) is 2.20. The van der Waals surface area contributed by atoms with Crippen LogP contribution in [0.15, 0.2) is 30.3 Å². The van der Waals surface area contributed by atoms with E-state index in [0.29, 0.717) is 13.0 Å². The van der Waals surface area contributed by atoms with E-state index in [1.807, 2.05) is 30.3 Å². The maximum Gasteiger partial charge on any atom is 0.0795 e. The van der Waals surface area contributed by atoms with E-state index in [2.05, 4.69) is 0 Å². The van der Waals surface area contributed by atoms with E-state index in [-0.39, 0.29) is 13.2 Å². The van der Waals surface area contributed by atoms with Crippen LogP contribution in [0.4, 0.5) is 0 Å². The SMILES string of the molecule is OCCC(O)COCc1ccccc1. The van der Waals surface area contributed by atoms with E-state index in [9.17, 15) is 5.11 Å². The molecule has 0 aromatic heterocycles. The van der Waals surface area contributed by atoms with Crippen molar-refractivity contribution in [3.05, 3.63) is 35.9 Å². The summed E-state index contributed by atoms with van der Waals surface area (Å²) in [6.45, 7) is 0.772. The van der Waals surface area contributed by atoms with Gasteiger partial charge in [-0.05, 0) is 12.0 Å². The second kappa shape index (κ2) is 6.54. The molecule has 0 spiro atoms. The third kappa shape index (κ3) is 4.37. The Hall–Kier alpha value is -0.900. The summed E-state index contributed by atoms with van der Waals surface area (Å²) in [5, 5.41) is 17.8. The van der Waals surface area contributed by atoms with Crippen molar-refractivity contribution in [3.8, 4) is 0 Å². The van der Waals surface area contributed by atoms with Gasteiger partial charge in [0.05, 0.1) is 19.3 Å². The third-order valence-corrected chi connectivity index (χ3v) is 1.88. The molecule has 1 aromatic carbocycles. The van der Waals surface area contributed by atoms with Gasteiger partial charge in [-0.3, -0.25) is 0 Å². The van der Waals surface area contributed by atoms with Crippen molar-refractivity contribution in [2.75, 3.05) is 13.2 Å². The van der Waals surface area contributed by atoms with E-state index < -0.39 is 6.10 Å². The molecule has 0 heterocycles. The molecule has 1 atom stereocenters. The molecule has 0 aliphatic heterocycles. The summed E-state index contributed by atoms with van der Waals surface area (Å²) in [7, 11) is 0. The molecule has 3 heteroatoms. The minimum atomic E-state index is -0.566. The number of ether oxygens (including phenoxy) is 1. The van der Waals surface area contributed by atoms with Crippen LogP contribution in [0.3, 0.4) is 0 Å². The van der Waals surface area contributed by atoms with E-state index in [0.717, 1.165) is 5.56 Å². The van der Waals surface area contributed by atoms with Crippen LogP contribution < -0.4 is 0 Å². The van der Waals surface area contributed by atoms with Gasteiger partial charge in [-0.15, -0.1) is 0 Å². The smallest absolute Gasteiger partial charge is 0.0795 e. The first-order valence-electron chi connectivity index (χ1n) is 4.73. The average molecular weight is 196 g/mol. The Morgan fingerprint density at radius 2 is 1.93 bits per heavy atom. The predicted octanol–water partition coefficient (Wildman–Crippen LogP) is 0.946. The van der Waals surface area contributed by atoms with Crippen molar-refractivity contribution in [1.82, 2.24) is 0 Å². The van der Waals surface area contributed by atoms with Gasteiger partial charge in [-0.2, -0.15) is 0 Å². The van der Waals surface area contributed by atoms with Crippen LogP contribution in [0.5, 0.6) is 0 Å². The number of hydrogen-bond acceptors (Lipinski definition) is 3. The quantitative estimate of drug-likeness (QED) is 0.712. The first-order chi connectivity index (χ1) is 6.83. The van der Waals surface area contributed by atoms with Crippen LogP contribution in [0.25, 0.3) is 0 Å². The second-order valence-electron chi connectivity index (χ2n) is 3.17. The predicted molar refractivity (Wildman–Crippen MR) is 53.8 cm³/mol. The molecule has 0 saturated heterocycles. The molecule has 0 fully saturated rings. The number of aliphatic hydroxyl groups is 2. The van der Waals surface area contributed by atoms with Crippen LogP contribution >= 0.6 is 0 Å². The highest BCUT2D eigenvalue weighted by Crippen LogP contribution is 2.01. The molecule has 0 aliphatic carbocycles. The zero-order valence-electron chi connectivity index (χ0n) is 8.10. The molecule has 0 aliphatic rings. The Kier molecular flexibility index (Phi) is 5.22. The fourth-order valence-corrected chi connectivity index (χ4v) is 1.12. The molecule has 0 amide bonds. The van der Waals surface area contributed by atoms with Crippen molar-refractivity contribution in [2.24, 2.45) is 0 Å². The van der Waals surface area contributed by atoms with E-state index in [1.165, 1.54) is 0 Å². The minimum absolute atomic E-state index is 0.00410. The second-order valence-corrected chi connectivity index (χ2v) is 3.17. The van der Waals surface area contributed by atoms with Gasteiger partial charge in [-0.25, -0.2) is 0 Å². The Morgan fingerprint density at radius 3 is 2.57 bits per heavy atom. The third-order valence-electron chi connectivity index (χ3n) is 1.88. The van der Waals surface area contributed by atoms with Crippen LogP contribution in [-0.2, 0) is 11.3 Å². The fourth-order valence-electron chi connectivity index (χ4n) is 1.12. The van der Waals surface area contributed by atoms with E-state index in [4.69, 9.17) is 9.84 Å². The fraction of sp³-hybridized carbons (Fsp3) is 0.455. The molecular weight excluding hydrogens is 180 g/mol. The molecule has 3 nitrogen and oxygen atoms in total. The van der Waals surface area contributed by atoms with Crippen molar-refractivity contribution in [1.29, 1.82) is 0 Å². The van der Waals surface area contributed by atoms with Gasteiger partial charge in [-0.1, -0.05) is 30.3 Å². The summed E-state index contributed by atoms with van der Waals surface area (Å²) >= 11 is 0. The maximum atomic E-state index is 9.24. The lowest BCUT2D eigenvalue weighted by Gasteiger charge is -2.09. The van der Waals surface area contributed by atoms with Crippen LogP contribution in [0.1, 0.15) is 12.0 Å². The molecule has 1 aromatic rings. The number of aliphatic hydroxyl groups excluding tert-OH is 2. The monoisotopic (exact) mass is 196 g/mol.